The van der Waals surface area contributed by atoms with Gasteiger partial charge in [0.25, 0.3) is 5.69 Å². The molecule has 0 aliphatic carbocycles. The van der Waals surface area contributed by atoms with Gasteiger partial charge in [0.05, 0.1) is 21.4 Å². The Morgan fingerprint density at radius 3 is 2.46 bits per heavy atom. The summed E-state index contributed by atoms with van der Waals surface area (Å²) in [5.74, 6) is -0.00762. The first-order valence-corrected chi connectivity index (χ1v) is 4.53. The van der Waals surface area contributed by atoms with E-state index in [-0.39, 0.29) is 27.2 Å². The summed E-state index contributed by atoms with van der Waals surface area (Å²) in [6, 6.07) is 2.65. The lowest BCUT2D eigenvalue weighted by atomic mass is 10.2. The highest BCUT2D eigenvalue weighted by Gasteiger charge is 2.17. The highest BCUT2D eigenvalue weighted by Crippen LogP contribution is 2.31. The predicted molar refractivity (Wildman–Crippen MR) is 52.7 cm³/mol. The minimum absolute atomic E-state index is 0.00762. The Bertz CT molecular complexity index is 354. The maximum absolute atomic E-state index is 10.5. The fourth-order valence-electron chi connectivity index (χ4n) is 0.885. The third-order valence-electron chi connectivity index (χ3n) is 1.47. The van der Waals surface area contributed by atoms with Gasteiger partial charge in [-0.1, -0.05) is 23.2 Å². The lowest BCUT2D eigenvalue weighted by molar-refractivity contribution is -0.385. The van der Waals surface area contributed by atoms with E-state index in [1.54, 1.807) is 0 Å². The summed E-state index contributed by atoms with van der Waals surface area (Å²) >= 11 is 16.8. The first-order chi connectivity index (χ1) is 6.06. The molecule has 0 radical (unpaired) electrons. The van der Waals surface area contributed by atoms with E-state index in [4.69, 9.17) is 34.8 Å². The Morgan fingerprint density at radius 2 is 2.00 bits per heavy atom. The molecule has 0 unspecified atom stereocenters. The molecule has 0 saturated carbocycles. The van der Waals surface area contributed by atoms with Crippen LogP contribution < -0.4 is 0 Å². The van der Waals surface area contributed by atoms with Gasteiger partial charge in [-0.15, -0.1) is 11.6 Å². The van der Waals surface area contributed by atoms with Crippen molar-refractivity contribution in [1.82, 2.24) is 0 Å². The number of nitro benzene ring substituents is 1. The van der Waals surface area contributed by atoms with Crippen LogP contribution in [0.5, 0.6) is 0 Å². The van der Waals surface area contributed by atoms with E-state index in [1.807, 2.05) is 0 Å². The fourth-order valence-corrected chi connectivity index (χ4v) is 1.78. The Hall–Kier alpha value is -0.510. The molecule has 70 valence electrons. The first kappa shape index (κ1) is 10.6. The minimum Gasteiger partial charge on any atom is -0.258 e. The van der Waals surface area contributed by atoms with Crippen molar-refractivity contribution in [3.63, 3.8) is 0 Å². The molecule has 0 spiro atoms. The van der Waals surface area contributed by atoms with E-state index in [0.717, 1.165) is 0 Å². The topological polar surface area (TPSA) is 43.1 Å². The van der Waals surface area contributed by atoms with Gasteiger partial charge in [-0.25, -0.2) is 0 Å². The van der Waals surface area contributed by atoms with Crippen LogP contribution in [0, 0.1) is 10.1 Å². The zero-order valence-corrected chi connectivity index (χ0v) is 8.53. The van der Waals surface area contributed by atoms with Crippen LogP contribution in [0.15, 0.2) is 12.1 Å². The van der Waals surface area contributed by atoms with Crippen LogP contribution >= 0.6 is 34.8 Å². The normalized spacial score (nSPS) is 10.1. The highest BCUT2D eigenvalue weighted by atomic mass is 35.5. The van der Waals surface area contributed by atoms with Crippen molar-refractivity contribution in [3.05, 3.63) is 37.9 Å². The van der Waals surface area contributed by atoms with Gasteiger partial charge in [-0.3, -0.25) is 10.1 Å². The SMILES string of the molecule is O=[N+]([O-])c1cc(Cl)cc(Cl)c1CCl. The molecule has 6 heteroatoms. The van der Waals surface area contributed by atoms with Gasteiger partial charge in [0, 0.05) is 11.1 Å². The number of hydrogen-bond acceptors (Lipinski definition) is 2. The number of hydrogen-bond donors (Lipinski definition) is 0. The third-order valence-corrected chi connectivity index (χ3v) is 2.29. The second-order valence-corrected chi connectivity index (χ2v) is 3.39. The van der Waals surface area contributed by atoms with E-state index in [9.17, 15) is 10.1 Å². The van der Waals surface area contributed by atoms with Crippen molar-refractivity contribution in [2.24, 2.45) is 0 Å². The van der Waals surface area contributed by atoms with E-state index < -0.39 is 4.92 Å². The van der Waals surface area contributed by atoms with Crippen LogP contribution in [0.2, 0.25) is 10.0 Å². The summed E-state index contributed by atoms with van der Waals surface area (Å²) in [7, 11) is 0. The summed E-state index contributed by atoms with van der Waals surface area (Å²) in [5, 5.41) is 11.0. The van der Waals surface area contributed by atoms with Gasteiger partial charge in [0.2, 0.25) is 0 Å². The van der Waals surface area contributed by atoms with Crippen molar-refractivity contribution < 1.29 is 4.92 Å². The number of benzene rings is 1. The molecular formula is C7H4Cl3NO2. The zero-order chi connectivity index (χ0) is 10.0. The number of nitrogens with zero attached hydrogens (tertiary/aromatic N) is 1. The van der Waals surface area contributed by atoms with E-state index in [2.05, 4.69) is 0 Å². The molecule has 0 fully saturated rings. The molecule has 0 heterocycles. The second kappa shape index (κ2) is 4.13. The van der Waals surface area contributed by atoms with E-state index in [1.165, 1.54) is 12.1 Å². The Balaban J connectivity index is 3.38. The molecule has 1 aromatic rings. The Labute approximate surface area is 89.4 Å². The molecule has 0 aliphatic rings. The molecule has 0 atom stereocenters. The second-order valence-electron chi connectivity index (χ2n) is 2.28. The average Bonchev–Trinajstić information content (AvgIpc) is 2.02. The first-order valence-electron chi connectivity index (χ1n) is 3.24. The molecule has 0 aromatic heterocycles. The number of halogens is 3. The van der Waals surface area contributed by atoms with Crippen LogP contribution in [-0.2, 0) is 5.88 Å². The molecule has 1 aromatic carbocycles. The Morgan fingerprint density at radius 1 is 1.38 bits per heavy atom. The van der Waals surface area contributed by atoms with Gasteiger partial charge >= 0.3 is 0 Å². The maximum Gasteiger partial charge on any atom is 0.276 e. The number of rotatable bonds is 2. The molecule has 0 aliphatic heterocycles. The van der Waals surface area contributed by atoms with Crippen molar-refractivity contribution in [1.29, 1.82) is 0 Å². The number of nitro groups is 1. The summed E-state index contributed by atoms with van der Waals surface area (Å²) in [6.07, 6.45) is 0. The molecule has 0 bridgehead atoms. The summed E-state index contributed by atoms with van der Waals surface area (Å²) in [5.41, 5.74) is 0.144. The van der Waals surface area contributed by atoms with Gasteiger partial charge in [-0.2, -0.15) is 0 Å². The quantitative estimate of drug-likeness (QED) is 0.450. The summed E-state index contributed by atoms with van der Waals surface area (Å²) < 4.78 is 0. The largest absolute Gasteiger partial charge is 0.276 e. The summed E-state index contributed by atoms with van der Waals surface area (Å²) in [6.45, 7) is 0. The van der Waals surface area contributed by atoms with Crippen LogP contribution in [-0.4, -0.2) is 4.92 Å². The monoisotopic (exact) mass is 239 g/mol. The van der Waals surface area contributed by atoms with Gasteiger partial charge < -0.3 is 0 Å². The summed E-state index contributed by atoms with van der Waals surface area (Å²) in [4.78, 5) is 9.95. The third kappa shape index (κ3) is 2.24. The van der Waals surface area contributed by atoms with Crippen molar-refractivity contribution in [3.8, 4) is 0 Å². The van der Waals surface area contributed by atoms with Gasteiger partial charge in [0.15, 0.2) is 0 Å². The molecule has 0 saturated heterocycles. The highest BCUT2D eigenvalue weighted by molar-refractivity contribution is 6.36. The minimum atomic E-state index is -0.560. The molecule has 1 rings (SSSR count). The van der Waals surface area contributed by atoms with Crippen LogP contribution in [0.1, 0.15) is 5.56 Å². The molecule has 0 N–H and O–H groups in total. The van der Waals surface area contributed by atoms with E-state index in [0.29, 0.717) is 0 Å². The lowest BCUT2D eigenvalue weighted by Crippen LogP contribution is -1.94. The van der Waals surface area contributed by atoms with Crippen molar-refractivity contribution >= 4 is 40.5 Å². The van der Waals surface area contributed by atoms with Gasteiger partial charge in [0.1, 0.15) is 0 Å². The van der Waals surface area contributed by atoms with Crippen LogP contribution in [0.3, 0.4) is 0 Å². The molecular weight excluding hydrogens is 236 g/mol. The van der Waals surface area contributed by atoms with Crippen LogP contribution in [0.4, 0.5) is 5.69 Å². The Kier molecular flexibility index (Phi) is 3.36. The zero-order valence-electron chi connectivity index (χ0n) is 6.26. The van der Waals surface area contributed by atoms with Gasteiger partial charge in [-0.05, 0) is 6.07 Å². The molecule has 3 nitrogen and oxygen atoms in total. The van der Waals surface area contributed by atoms with Crippen molar-refractivity contribution in [2.75, 3.05) is 0 Å². The standard InChI is InChI=1S/C7H4Cl3NO2/c8-3-5-6(10)1-4(9)2-7(5)11(12)13/h1-2H,3H2. The predicted octanol–water partition coefficient (Wildman–Crippen LogP) is 3.64. The lowest BCUT2D eigenvalue weighted by Gasteiger charge is -2.01. The van der Waals surface area contributed by atoms with E-state index >= 15 is 0 Å². The fraction of sp³-hybridized carbons (Fsp3) is 0.143. The average molecular weight is 240 g/mol. The smallest absolute Gasteiger partial charge is 0.258 e. The van der Waals surface area contributed by atoms with Crippen molar-refractivity contribution in [2.45, 2.75) is 5.88 Å². The van der Waals surface area contributed by atoms with Crippen LogP contribution in [0.25, 0.3) is 0 Å². The number of alkyl halides is 1. The molecule has 13 heavy (non-hydrogen) atoms. The molecule has 0 amide bonds. The maximum atomic E-state index is 10.5.